The molecular formula is C40H46F2N8O3. The summed E-state index contributed by atoms with van der Waals surface area (Å²) in [6.07, 6.45) is 11.0. The largest absolute Gasteiger partial charge is 0.461 e. The van der Waals surface area contributed by atoms with Gasteiger partial charge in [0.2, 0.25) is 5.91 Å². The van der Waals surface area contributed by atoms with Gasteiger partial charge in [0.05, 0.1) is 42.7 Å². The SMILES string of the molecule is N#CC[C@H]1CN(c2nc(OC[C@@]34CCCN3C[C@H](F)C4)nc3c(F)c(-c4ccccc4C4CC4)ncc23)CCN1C(=O)/C=C/CN1[C@@H]2CC[C@H]1COC2. The quantitative estimate of drug-likeness (QED) is 0.265. The second kappa shape index (κ2) is 14.2. The number of halogens is 2. The number of nitrogens with zero attached hydrogens (tertiary/aromatic N) is 8. The molecule has 5 atom stereocenters. The summed E-state index contributed by atoms with van der Waals surface area (Å²) in [5.41, 5.74) is 1.75. The van der Waals surface area contributed by atoms with Crippen LogP contribution in [0.5, 0.6) is 6.01 Å². The number of piperazine rings is 1. The molecule has 5 saturated heterocycles. The molecule has 0 unspecified atom stereocenters. The van der Waals surface area contributed by atoms with E-state index in [9.17, 15) is 14.4 Å². The topological polar surface area (TPSA) is 111 Å². The molecular weight excluding hydrogens is 678 g/mol. The molecule has 1 aliphatic carbocycles. The normalized spacial score (nSPS) is 28.9. The minimum atomic E-state index is -0.912. The van der Waals surface area contributed by atoms with E-state index in [1.54, 1.807) is 17.2 Å². The van der Waals surface area contributed by atoms with Gasteiger partial charge in [-0.15, -0.1) is 0 Å². The van der Waals surface area contributed by atoms with Gasteiger partial charge in [-0.3, -0.25) is 19.6 Å². The van der Waals surface area contributed by atoms with Gasteiger partial charge in [-0.1, -0.05) is 30.3 Å². The number of morpholine rings is 1. The third kappa shape index (κ3) is 6.53. The number of ether oxygens (including phenoxy) is 2. The summed E-state index contributed by atoms with van der Waals surface area (Å²) in [7, 11) is 0. The monoisotopic (exact) mass is 724 g/mol. The number of fused-ring (bicyclic) bond motifs is 4. The lowest BCUT2D eigenvalue weighted by atomic mass is 9.95. The number of hydrogen-bond donors (Lipinski definition) is 0. The van der Waals surface area contributed by atoms with Crippen LogP contribution in [0, 0.1) is 17.1 Å². The van der Waals surface area contributed by atoms with Crippen LogP contribution in [0.1, 0.15) is 62.8 Å². The van der Waals surface area contributed by atoms with Crippen molar-refractivity contribution < 1.29 is 23.0 Å². The molecule has 278 valence electrons. The zero-order chi connectivity index (χ0) is 36.1. The van der Waals surface area contributed by atoms with Gasteiger partial charge >= 0.3 is 6.01 Å². The highest BCUT2D eigenvalue weighted by Gasteiger charge is 2.49. The minimum Gasteiger partial charge on any atom is -0.461 e. The molecule has 13 heteroatoms. The average Bonchev–Trinajstić information content (AvgIpc) is 3.82. The average molecular weight is 725 g/mol. The molecule has 2 bridgehead atoms. The first kappa shape index (κ1) is 34.5. The van der Waals surface area contributed by atoms with E-state index in [0.29, 0.717) is 68.4 Å². The maximum absolute atomic E-state index is 16.8. The van der Waals surface area contributed by atoms with Crippen LogP contribution in [0.25, 0.3) is 22.2 Å². The van der Waals surface area contributed by atoms with Crippen LogP contribution in [0.4, 0.5) is 14.6 Å². The van der Waals surface area contributed by atoms with Crippen molar-refractivity contribution in [3.8, 4) is 23.3 Å². The van der Waals surface area contributed by atoms with Crippen molar-refractivity contribution >= 4 is 22.6 Å². The number of amides is 1. The van der Waals surface area contributed by atoms with Gasteiger partial charge in [-0.05, 0) is 56.6 Å². The number of carbonyl (C=O) groups is 1. The third-order valence-electron chi connectivity index (χ3n) is 12.5. The molecule has 5 aliphatic heterocycles. The summed E-state index contributed by atoms with van der Waals surface area (Å²) in [4.78, 5) is 36.1. The number of nitriles is 1. The number of hydrogen-bond acceptors (Lipinski definition) is 10. The molecule has 2 aromatic heterocycles. The summed E-state index contributed by atoms with van der Waals surface area (Å²) < 4.78 is 43.5. The van der Waals surface area contributed by atoms with Gasteiger partial charge in [-0.25, -0.2) is 8.78 Å². The summed E-state index contributed by atoms with van der Waals surface area (Å²) >= 11 is 0. The van der Waals surface area contributed by atoms with Crippen LogP contribution >= 0.6 is 0 Å². The number of carbonyl (C=O) groups excluding carboxylic acids is 1. The van der Waals surface area contributed by atoms with Crippen molar-refractivity contribution in [1.82, 2.24) is 29.7 Å². The maximum Gasteiger partial charge on any atom is 0.319 e. The number of pyridine rings is 1. The Bertz CT molecular complexity index is 1940. The van der Waals surface area contributed by atoms with E-state index in [1.807, 2.05) is 35.2 Å². The van der Waals surface area contributed by atoms with Crippen molar-refractivity contribution in [1.29, 1.82) is 5.26 Å². The van der Waals surface area contributed by atoms with Crippen LogP contribution < -0.4 is 9.64 Å². The molecule has 7 heterocycles. The first-order valence-corrected chi connectivity index (χ1v) is 19.3. The van der Waals surface area contributed by atoms with E-state index in [0.717, 1.165) is 69.4 Å². The first-order chi connectivity index (χ1) is 25.9. The molecule has 1 aromatic carbocycles. The fourth-order valence-corrected chi connectivity index (χ4v) is 9.63. The second-order valence-corrected chi connectivity index (χ2v) is 15.8. The smallest absolute Gasteiger partial charge is 0.319 e. The molecule has 6 aliphatic rings. The molecule has 0 N–H and O–H groups in total. The Morgan fingerprint density at radius 3 is 2.74 bits per heavy atom. The summed E-state index contributed by atoms with van der Waals surface area (Å²) in [6, 6.07) is 10.5. The molecule has 0 radical (unpaired) electrons. The van der Waals surface area contributed by atoms with Crippen molar-refractivity contribution in [2.75, 3.05) is 64.0 Å². The van der Waals surface area contributed by atoms with Crippen LogP contribution in [-0.2, 0) is 9.53 Å². The van der Waals surface area contributed by atoms with E-state index >= 15 is 4.39 Å². The van der Waals surface area contributed by atoms with Crippen LogP contribution in [0.15, 0.2) is 42.6 Å². The van der Waals surface area contributed by atoms with E-state index in [2.05, 4.69) is 25.8 Å². The second-order valence-electron chi connectivity index (χ2n) is 15.8. The first-order valence-electron chi connectivity index (χ1n) is 19.3. The van der Waals surface area contributed by atoms with Gasteiger partial charge in [0, 0.05) is 69.1 Å². The highest BCUT2D eigenvalue weighted by molar-refractivity contribution is 5.93. The molecule has 6 fully saturated rings. The highest BCUT2D eigenvalue weighted by atomic mass is 19.1. The van der Waals surface area contributed by atoms with Crippen molar-refractivity contribution in [3.05, 3.63) is 54.0 Å². The molecule has 53 heavy (non-hydrogen) atoms. The molecule has 9 rings (SSSR count). The van der Waals surface area contributed by atoms with Crippen LogP contribution in [0.2, 0.25) is 0 Å². The predicted octanol–water partition coefficient (Wildman–Crippen LogP) is 5.01. The molecule has 1 amide bonds. The molecule has 0 spiro atoms. The van der Waals surface area contributed by atoms with Crippen molar-refractivity contribution in [3.63, 3.8) is 0 Å². The number of anilines is 1. The molecule has 1 saturated carbocycles. The Kier molecular flexibility index (Phi) is 9.24. The lowest BCUT2D eigenvalue weighted by Crippen LogP contribution is -2.55. The zero-order valence-corrected chi connectivity index (χ0v) is 30.0. The Morgan fingerprint density at radius 2 is 1.92 bits per heavy atom. The Balaban J connectivity index is 1.01. The minimum absolute atomic E-state index is 0.0258. The zero-order valence-electron chi connectivity index (χ0n) is 30.0. The van der Waals surface area contributed by atoms with Crippen molar-refractivity contribution in [2.45, 2.75) is 87.1 Å². The van der Waals surface area contributed by atoms with Gasteiger partial charge in [0.25, 0.3) is 0 Å². The number of alkyl halides is 1. The van der Waals surface area contributed by atoms with Gasteiger partial charge in [0.1, 0.15) is 29.8 Å². The lowest BCUT2D eigenvalue weighted by molar-refractivity contribution is -0.128. The number of rotatable bonds is 10. The third-order valence-corrected chi connectivity index (χ3v) is 12.5. The van der Waals surface area contributed by atoms with E-state index < -0.39 is 23.6 Å². The standard InChI is InChI=1S/C40H46F2N8O3/c41-27-19-40(13-4-15-48(40)21-27)25-53-39-45-37-33(20-44-36(35(37)42)32-6-2-1-5-31(32)26-8-9-26)38(46-39)47-17-18-50(28(22-47)12-14-43)34(51)7-3-16-49-29-10-11-30(49)24-52-23-29/h1-3,5-7,20,26-30H,4,8-13,15-19,21-25H2/b7-3+/t27-,28+,29-,30+,40+/m1/s1. The van der Waals surface area contributed by atoms with Crippen molar-refractivity contribution in [2.24, 2.45) is 0 Å². The Hall–Kier alpha value is -4.25. The lowest BCUT2D eigenvalue weighted by Gasteiger charge is -2.41. The van der Waals surface area contributed by atoms with E-state index in [-0.39, 0.29) is 36.2 Å². The van der Waals surface area contributed by atoms with Gasteiger partial charge in [0.15, 0.2) is 5.82 Å². The Morgan fingerprint density at radius 1 is 1.09 bits per heavy atom. The van der Waals surface area contributed by atoms with Gasteiger partial charge in [-0.2, -0.15) is 15.2 Å². The molecule has 3 aromatic rings. The van der Waals surface area contributed by atoms with E-state index in [4.69, 9.17) is 14.5 Å². The van der Waals surface area contributed by atoms with Crippen LogP contribution in [-0.4, -0.2) is 124 Å². The fraction of sp³-hybridized carbons (Fsp3) is 0.575. The fourth-order valence-electron chi connectivity index (χ4n) is 9.63. The summed E-state index contributed by atoms with van der Waals surface area (Å²) in [6.45, 7) is 4.69. The van der Waals surface area contributed by atoms with Crippen LogP contribution in [0.3, 0.4) is 0 Å². The Labute approximate surface area is 308 Å². The van der Waals surface area contributed by atoms with E-state index in [1.165, 1.54) is 0 Å². The molecule has 11 nitrogen and oxygen atoms in total. The van der Waals surface area contributed by atoms with Gasteiger partial charge < -0.3 is 19.3 Å². The summed E-state index contributed by atoms with van der Waals surface area (Å²) in [5, 5.41) is 10.3. The maximum atomic E-state index is 16.8. The highest BCUT2D eigenvalue weighted by Crippen LogP contribution is 2.45. The number of aromatic nitrogens is 3. The summed E-state index contributed by atoms with van der Waals surface area (Å²) in [5.74, 6) is 0.164. The number of benzene rings is 1. The predicted molar refractivity (Wildman–Crippen MR) is 195 cm³/mol.